The van der Waals surface area contributed by atoms with Gasteiger partial charge in [0.25, 0.3) is 0 Å². The van der Waals surface area contributed by atoms with Crippen molar-refractivity contribution in [2.45, 2.75) is 117 Å². The van der Waals surface area contributed by atoms with Gasteiger partial charge in [-0.3, -0.25) is 4.79 Å². The first kappa shape index (κ1) is 22.5. The molecule has 2 heteroatoms. The van der Waals surface area contributed by atoms with E-state index in [-0.39, 0.29) is 5.92 Å². The zero-order chi connectivity index (χ0) is 17.2. The quantitative estimate of drug-likeness (QED) is 0.271. The SMILES string of the molecule is CCCCCCCCCCCCCCCC[CH][C@@H](CC)C(=O)O. The van der Waals surface area contributed by atoms with Gasteiger partial charge < -0.3 is 5.11 Å². The van der Waals surface area contributed by atoms with E-state index in [2.05, 4.69) is 6.92 Å². The van der Waals surface area contributed by atoms with Crippen LogP contribution >= 0.6 is 0 Å². The van der Waals surface area contributed by atoms with Crippen molar-refractivity contribution in [3.8, 4) is 0 Å². The first-order chi connectivity index (χ1) is 11.2. The van der Waals surface area contributed by atoms with Gasteiger partial charge in [-0.25, -0.2) is 0 Å². The minimum atomic E-state index is -0.669. The zero-order valence-corrected chi connectivity index (χ0v) is 15.8. The number of unbranched alkanes of at least 4 members (excludes halogenated alkanes) is 14. The van der Waals surface area contributed by atoms with Crippen LogP contribution in [-0.4, -0.2) is 11.1 Å². The Morgan fingerprint density at radius 3 is 1.48 bits per heavy atom. The van der Waals surface area contributed by atoms with Gasteiger partial charge in [-0.2, -0.15) is 0 Å². The summed E-state index contributed by atoms with van der Waals surface area (Å²) >= 11 is 0. The summed E-state index contributed by atoms with van der Waals surface area (Å²) in [4.78, 5) is 10.9. The average Bonchev–Trinajstić information content (AvgIpc) is 2.54. The van der Waals surface area contributed by atoms with Crippen LogP contribution in [0.1, 0.15) is 117 Å². The topological polar surface area (TPSA) is 37.3 Å². The summed E-state index contributed by atoms with van der Waals surface area (Å²) in [7, 11) is 0. The second-order valence-corrected chi connectivity index (χ2v) is 6.97. The number of carbonyl (C=O) groups is 1. The molecule has 0 rings (SSSR count). The van der Waals surface area contributed by atoms with E-state index in [0.717, 1.165) is 12.8 Å². The van der Waals surface area contributed by atoms with Gasteiger partial charge in [0.1, 0.15) is 0 Å². The van der Waals surface area contributed by atoms with Crippen LogP contribution in [0.25, 0.3) is 0 Å². The van der Waals surface area contributed by atoms with Gasteiger partial charge in [-0.05, 0) is 19.3 Å². The molecule has 0 aromatic heterocycles. The monoisotopic (exact) mass is 325 g/mol. The van der Waals surface area contributed by atoms with E-state index in [9.17, 15) is 4.79 Å². The molecule has 0 aromatic rings. The summed E-state index contributed by atoms with van der Waals surface area (Å²) in [5.74, 6) is -0.908. The fourth-order valence-electron chi connectivity index (χ4n) is 3.10. The van der Waals surface area contributed by atoms with Gasteiger partial charge in [-0.15, -0.1) is 0 Å². The van der Waals surface area contributed by atoms with Crippen molar-refractivity contribution in [3.05, 3.63) is 6.42 Å². The molecule has 1 radical (unpaired) electrons. The zero-order valence-electron chi connectivity index (χ0n) is 15.8. The normalized spacial score (nSPS) is 12.4. The van der Waals surface area contributed by atoms with Crippen molar-refractivity contribution in [2.24, 2.45) is 5.92 Å². The minimum Gasteiger partial charge on any atom is -0.481 e. The molecule has 0 aliphatic carbocycles. The van der Waals surface area contributed by atoms with E-state index in [4.69, 9.17) is 5.11 Å². The second-order valence-electron chi connectivity index (χ2n) is 6.97. The molecule has 0 aliphatic heterocycles. The second kappa shape index (κ2) is 17.8. The van der Waals surface area contributed by atoms with Gasteiger partial charge >= 0.3 is 5.97 Å². The highest BCUT2D eigenvalue weighted by atomic mass is 16.4. The standard InChI is InChI=1S/C21H41O2/c1-3-5-6-7-8-9-10-11-12-13-14-15-16-17-18-19-20(4-2)21(22)23/h19-20H,3-18H2,1-2H3,(H,22,23)/t20-/m1/s1. The first-order valence-corrected chi connectivity index (χ1v) is 10.3. The van der Waals surface area contributed by atoms with Crippen LogP contribution in [0.2, 0.25) is 0 Å². The third kappa shape index (κ3) is 16.1. The van der Waals surface area contributed by atoms with Crippen molar-refractivity contribution in [1.82, 2.24) is 0 Å². The lowest BCUT2D eigenvalue weighted by Crippen LogP contribution is -2.12. The number of rotatable bonds is 18. The molecule has 0 unspecified atom stereocenters. The summed E-state index contributed by atoms with van der Waals surface area (Å²) in [6.07, 6.45) is 22.9. The van der Waals surface area contributed by atoms with Crippen molar-refractivity contribution >= 4 is 5.97 Å². The van der Waals surface area contributed by atoms with E-state index in [1.54, 1.807) is 0 Å². The Balaban J connectivity index is 3.12. The molecular formula is C21H41O2. The van der Waals surface area contributed by atoms with Crippen molar-refractivity contribution in [1.29, 1.82) is 0 Å². The van der Waals surface area contributed by atoms with E-state index >= 15 is 0 Å². The minimum absolute atomic E-state index is 0.239. The summed E-state index contributed by atoms with van der Waals surface area (Å²) in [5, 5.41) is 8.96. The number of carboxylic acids is 1. The molecule has 0 spiro atoms. The highest BCUT2D eigenvalue weighted by Gasteiger charge is 2.13. The van der Waals surface area contributed by atoms with Crippen molar-refractivity contribution in [2.75, 3.05) is 0 Å². The van der Waals surface area contributed by atoms with Crippen LogP contribution in [0.5, 0.6) is 0 Å². The number of hydrogen-bond donors (Lipinski definition) is 1. The molecule has 0 saturated carbocycles. The van der Waals surface area contributed by atoms with Crippen LogP contribution in [0.15, 0.2) is 0 Å². The lowest BCUT2D eigenvalue weighted by atomic mass is 9.98. The summed E-state index contributed by atoms with van der Waals surface area (Å²) in [5.41, 5.74) is 0. The highest BCUT2D eigenvalue weighted by Crippen LogP contribution is 2.16. The fraction of sp³-hybridized carbons (Fsp3) is 0.905. The van der Waals surface area contributed by atoms with Crippen LogP contribution < -0.4 is 0 Å². The Morgan fingerprint density at radius 1 is 0.739 bits per heavy atom. The number of carboxylic acid groups (broad SMARTS) is 1. The molecule has 1 atom stereocenters. The third-order valence-corrected chi connectivity index (χ3v) is 4.77. The number of aliphatic carboxylic acids is 1. The molecule has 0 fully saturated rings. The molecule has 0 bridgehead atoms. The fourth-order valence-corrected chi connectivity index (χ4v) is 3.10. The molecular weight excluding hydrogens is 284 g/mol. The lowest BCUT2D eigenvalue weighted by Gasteiger charge is -2.08. The Hall–Kier alpha value is -0.530. The molecule has 2 nitrogen and oxygen atoms in total. The molecule has 1 N–H and O–H groups in total. The van der Waals surface area contributed by atoms with Crippen LogP contribution in [0.3, 0.4) is 0 Å². The van der Waals surface area contributed by atoms with Gasteiger partial charge in [0.15, 0.2) is 0 Å². The Bertz CT molecular complexity index is 250. The van der Waals surface area contributed by atoms with Gasteiger partial charge in [0, 0.05) is 0 Å². The van der Waals surface area contributed by atoms with Gasteiger partial charge in [0.2, 0.25) is 0 Å². The highest BCUT2D eigenvalue weighted by molar-refractivity contribution is 5.71. The molecule has 0 aromatic carbocycles. The molecule has 0 amide bonds. The maximum atomic E-state index is 10.9. The van der Waals surface area contributed by atoms with Crippen LogP contribution in [-0.2, 0) is 4.79 Å². The van der Waals surface area contributed by atoms with Crippen molar-refractivity contribution < 1.29 is 9.90 Å². The Morgan fingerprint density at radius 2 is 1.13 bits per heavy atom. The van der Waals surface area contributed by atoms with Gasteiger partial charge in [-0.1, -0.05) is 104 Å². The lowest BCUT2D eigenvalue weighted by molar-refractivity contribution is -0.140. The van der Waals surface area contributed by atoms with E-state index in [0.29, 0.717) is 6.42 Å². The summed E-state index contributed by atoms with van der Waals surface area (Å²) in [6, 6.07) is 0. The maximum Gasteiger partial charge on any atom is 0.306 e. The predicted octanol–water partition coefficient (Wildman–Crippen LogP) is 7.17. The number of hydrogen-bond acceptors (Lipinski definition) is 1. The first-order valence-electron chi connectivity index (χ1n) is 10.3. The van der Waals surface area contributed by atoms with Gasteiger partial charge in [0.05, 0.1) is 5.92 Å². The molecule has 0 aliphatic rings. The average molecular weight is 326 g/mol. The van der Waals surface area contributed by atoms with E-state index < -0.39 is 5.97 Å². The predicted molar refractivity (Wildman–Crippen MR) is 101 cm³/mol. The Labute approximate surface area is 145 Å². The molecule has 23 heavy (non-hydrogen) atoms. The van der Waals surface area contributed by atoms with Crippen molar-refractivity contribution in [3.63, 3.8) is 0 Å². The van der Waals surface area contributed by atoms with E-state index in [1.165, 1.54) is 83.5 Å². The third-order valence-electron chi connectivity index (χ3n) is 4.77. The van der Waals surface area contributed by atoms with Crippen LogP contribution in [0.4, 0.5) is 0 Å². The maximum absolute atomic E-state index is 10.9. The summed E-state index contributed by atoms with van der Waals surface area (Å²) < 4.78 is 0. The Kier molecular flexibility index (Phi) is 17.4. The summed E-state index contributed by atoms with van der Waals surface area (Å²) in [6.45, 7) is 4.22. The molecule has 0 heterocycles. The molecule has 0 saturated heterocycles. The smallest absolute Gasteiger partial charge is 0.306 e. The largest absolute Gasteiger partial charge is 0.481 e. The van der Waals surface area contributed by atoms with Crippen LogP contribution in [0, 0.1) is 12.3 Å². The van der Waals surface area contributed by atoms with E-state index in [1.807, 2.05) is 13.3 Å². The molecule has 137 valence electrons.